The molecule has 1 unspecified atom stereocenters. The molecule has 458 valence electrons. The van der Waals surface area contributed by atoms with Crippen LogP contribution in [-0.2, 0) is 27.1 Å². The number of fused-ring (bicyclic) bond motifs is 14. The van der Waals surface area contributed by atoms with E-state index in [1.165, 1.54) is 27.4 Å². The molecular formula is C86H82N2O3Si. The summed E-state index contributed by atoms with van der Waals surface area (Å²) in [7, 11) is -1.97. The SMILES string of the molecule is CC(C)(C)c1ccc(N(c2ccccc2)c2cc3c(c4c2oc2ccccc24)-c2c(cc(N(c4ccccc4)c4ccc(C(C)(C)C)cc4)c4c2oc2ccccc24)C3(c2ccc(C(C)(C)C)cc2)c2ccc3oc4c([Si](C)(C)C)cc(C(C)(C)C)cc4c3c2)cc1. The number of hydrogen-bond acceptors (Lipinski definition) is 5. The second kappa shape index (κ2) is 20.8. The van der Waals surface area contributed by atoms with Crippen LogP contribution in [0.15, 0.2) is 238 Å². The Kier molecular flexibility index (Phi) is 13.4. The van der Waals surface area contributed by atoms with Crippen LogP contribution in [0, 0.1) is 0 Å². The van der Waals surface area contributed by atoms with E-state index in [1.54, 1.807) is 0 Å². The lowest BCUT2D eigenvalue weighted by atomic mass is 9.66. The van der Waals surface area contributed by atoms with E-state index in [9.17, 15) is 0 Å². The van der Waals surface area contributed by atoms with Crippen molar-refractivity contribution in [2.75, 3.05) is 9.80 Å². The van der Waals surface area contributed by atoms with Crippen LogP contribution in [0.1, 0.15) is 128 Å². The minimum atomic E-state index is -1.97. The maximum atomic E-state index is 7.73. The van der Waals surface area contributed by atoms with Crippen LogP contribution >= 0.6 is 0 Å². The van der Waals surface area contributed by atoms with Crippen molar-refractivity contribution in [1.29, 1.82) is 0 Å². The van der Waals surface area contributed by atoms with E-state index in [-0.39, 0.29) is 21.7 Å². The van der Waals surface area contributed by atoms with Crippen LogP contribution in [-0.4, -0.2) is 8.07 Å². The topological polar surface area (TPSA) is 45.9 Å². The molecule has 92 heavy (non-hydrogen) atoms. The van der Waals surface area contributed by atoms with Crippen molar-refractivity contribution < 1.29 is 13.3 Å². The molecule has 0 aliphatic heterocycles. The summed E-state index contributed by atoms with van der Waals surface area (Å²) in [6.07, 6.45) is 0. The minimum absolute atomic E-state index is 0.0506. The summed E-state index contributed by atoms with van der Waals surface area (Å²) in [5, 5.41) is 7.73. The fourth-order valence-electron chi connectivity index (χ4n) is 14.7. The Morgan fingerprint density at radius 2 is 0.728 bits per heavy atom. The van der Waals surface area contributed by atoms with Crippen LogP contribution in [0.5, 0.6) is 0 Å². The second-order valence-electron chi connectivity index (χ2n) is 31.0. The molecule has 15 rings (SSSR count). The van der Waals surface area contributed by atoms with Gasteiger partial charge < -0.3 is 23.1 Å². The summed E-state index contributed by atoms with van der Waals surface area (Å²) in [4.78, 5) is 4.89. The van der Waals surface area contributed by atoms with E-state index < -0.39 is 13.5 Å². The molecule has 14 aromatic rings. The molecule has 1 aliphatic rings. The predicted octanol–water partition coefficient (Wildman–Crippen LogP) is 24.4. The van der Waals surface area contributed by atoms with Gasteiger partial charge in [-0.05, 0) is 162 Å². The van der Waals surface area contributed by atoms with Crippen LogP contribution in [0.4, 0.5) is 34.1 Å². The maximum absolute atomic E-state index is 7.73. The third-order valence-corrected chi connectivity index (χ3v) is 21.7. The first kappa shape index (κ1) is 59.0. The van der Waals surface area contributed by atoms with Crippen molar-refractivity contribution in [2.45, 2.75) is 130 Å². The lowest BCUT2D eigenvalue weighted by Crippen LogP contribution is -2.38. The first-order chi connectivity index (χ1) is 43.8. The van der Waals surface area contributed by atoms with Gasteiger partial charge in [-0.3, -0.25) is 0 Å². The molecule has 0 saturated carbocycles. The second-order valence-corrected chi connectivity index (χ2v) is 36.0. The highest BCUT2D eigenvalue weighted by Crippen LogP contribution is 2.65. The van der Waals surface area contributed by atoms with E-state index >= 15 is 0 Å². The van der Waals surface area contributed by atoms with Gasteiger partial charge in [-0.2, -0.15) is 0 Å². The summed E-state index contributed by atoms with van der Waals surface area (Å²) >= 11 is 0. The van der Waals surface area contributed by atoms with Crippen LogP contribution in [0.2, 0.25) is 19.6 Å². The highest BCUT2D eigenvalue weighted by Gasteiger charge is 2.51. The van der Waals surface area contributed by atoms with Gasteiger partial charge in [0.1, 0.15) is 27.9 Å². The van der Waals surface area contributed by atoms with Gasteiger partial charge in [-0.25, -0.2) is 0 Å². The molecule has 1 atom stereocenters. The average molecular weight is 1220 g/mol. The van der Waals surface area contributed by atoms with Crippen molar-refractivity contribution in [3.05, 3.63) is 269 Å². The van der Waals surface area contributed by atoms with Gasteiger partial charge in [0.2, 0.25) is 0 Å². The highest BCUT2D eigenvalue weighted by atomic mass is 28.3. The van der Waals surface area contributed by atoms with Crippen molar-refractivity contribution in [2.24, 2.45) is 0 Å². The van der Waals surface area contributed by atoms with E-state index in [2.05, 4.69) is 337 Å². The molecular weight excluding hydrogens is 1140 g/mol. The summed E-state index contributed by atoms with van der Waals surface area (Å²) < 4.78 is 22.5. The van der Waals surface area contributed by atoms with Gasteiger partial charge in [-0.1, -0.05) is 236 Å². The largest absolute Gasteiger partial charge is 0.456 e. The van der Waals surface area contributed by atoms with Crippen LogP contribution < -0.4 is 15.0 Å². The highest BCUT2D eigenvalue weighted by molar-refractivity contribution is 6.90. The normalized spacial score (nSPS) is 14.7. The number of hydrogen-bond donors (Lipinski definition) is 0. The number of furan rings is 3. The summed E-state index contributed by atoms with van der Waals surface area (Å²) in [5.74, 6) is 0. The van der Waals surface area contributed by atoms with Gasteiger partial charge in [0.25, 0.3) is 0 Å². The molecule has 11 aromatic carbocycles. The van der Waals surface area contributed by atoms with E-state index in [1.807, 2.05) is 0 Å². The zero-order valence-corrected chi connectivity index (χ0v) is 57.0. The zero-order valence-electron chi connectivity index (χ0n) is 56.0. The third-order valence-electron chi connectivity index (χ3n) is 19.7. The quantitative estimate of drug-likeness (QED) is 0.135. The van der Waals surface area contributed by atoms with Crippen LogP contribution in [0.3, 0.4) is 0 Å². The first-order valence-electron chi connectivity index (χ1n) is 32.8. The number of anilines is 6. The lowest BCUT2D eigenvalue weighted by Gasteiger charge is -2.36. The monoisotopic (exact) mass is 1220 g/mol. The summed E-state index contributed by atoms with van der Waals surface area (Å²) in [5.41, 5.74) is 21.5. The molecule has 0 saturated heterocycles. The third kappa shape index (κ3) is 9.37. The predicted molar refractivity (Wildman–Crippen MR) is 393 cm³/mol. The van der Waals surface area contributed by atoms with Crippen molar-refractivity contribution in [1.82, 2.24) is 0 Å². The van der Waals surface area contributed by atoms with Crippen LogP contribution in [0.25, 0.3) is 76.9 Å². The van der Waals surface area contributed by atoms with Crippen molar-refractivity contribution in [3.8, 4) is 11.1 Å². The van der Waals surface area contributed by atoms with Gasteiger partial charge in [0.05, 0.1) is 30.2 Å². The molecule has 0 N–H and O–H groups in total. The molecule has 6 heteroatoms. The fourth-order valence-corrected chi connectivity index (χ4v) is 16.1. The number of para-hydroxylation sites is 4. The Morgan fingerprint density at radius 1 is 0.315 bits per heavy atom. The molecule has 5 nitrogen and oxygen atoms in total. The van der Waals surface area contributed by atoms with Gasteiger partial charge in [0.15, 0.2) is 5.58 Å². The first-order valence-corrected chi connectivity index (χ1v) is 36.3. The zero-order chi connectivity index (χ0) is 64.2. The Labute approximate surface area is 542 Å². The van der Waals surface area contributed by atoms with Crippen molar-refractivity contribution in [3.63, 3.8) is 0 Å². The Bertz CT molecular complexity index is 5210. The molecule has 0 fully saturated rings. The molecule has 3 aromatic heterocycles. The molecule has 0 amide bonds. The summed E-state index contributed by atoms with van der Waals surface area (Å²) in [6, 6.07) is 84.1. The molecule has 3 heterocycles. The summed E-state index contributed by atoms with van der Waals surface area (Å²) in [6.45, 7) is 35.0. The van der Waals surface area contributed by atoms with E-state index in [0.29, 0.717) is 0 Å². The Balaban J connectivity index is 1.18. The molecule has 0 radical (unpaired) electrons. The van der Waals surface area contributed by atoms with Gasteiger partial charge in [0, 0.05) is 60.8 Å². The number of benzene rings is 11. The lowest BCUT2D eigenvalue weighted by molar-refractivity contribution is 0.589. The average Bonchev–Trinajstić information content (AvgIpc) is 1.49. The molecule has 0 bridgehead atoms. The molecule has 0 spiro atoms. The number of nitrogens with zero attached hydrogens (tertiary/aromatic N) is 2. The van der Waals surface area contributed by atoms with E-state index in [4.69, 9.17) is 13.3 Å². The number of rotatable bonds is 9. The van der Waals surface area contributed by atoms with Crippen molar-refractivity contribution >= 4 is 113 Å². The fraction of sp³-hybridized carbons (Fsp3) is 0.233. The molecule has 1 aliphatic carbocycles. The smallest absolute Gasteiger partial charge is 0.160 e. The maximum Gasteiger partial charge on any atom is 0.160 e. The standard InChI is InChI=1S/C86H82N2O3Si/c1-82(2,3)53-34-36-56(37-35-53)86(57-42-47-73-65(48-57)66-49-58(85(10,11)12)50-74(79(66)89-73)92(13,14)15)67-52-70(88(60-28-20-17-21-29-60)62-45-40-55(41-46-62)84(7,8)9)80-76(64-31-23-25-33-72(64)90-80)77(67)78-68(86)51-69(75-63-30-22-24-32-71(63)91-81(75)78)87(59-26-18-16-19-27-59)61-43-38-54(39-44-61)83(4,5)6/h16-52H,1-15H3. The minimum Gasteiger partial charge on any atom is -0.456 e. The Morgan fingerprint density at radius 3 is 1.25 bits per heavy atom. The Hall–Kier alpha value is -9.36. The van der Waals surface area contributed by atoms with E-state index in [0.717, 1.165) is 133 Å². The van der Waals surface area contributed by atoms with Gasteiger partial charge >= 0.3 is 0 Å². The van der Waals surface area contributed by atoms with Gasteiger partial charge in [-0.15, -0.1) is 0 Å².